The molecule has 1 heterocycles. The second-order valence-electron chi connectivity index (χ2n) is 5.62. The first-order valence-corrected chi connectivity index (χ1v) is 7.48. The fourth-order valence-electron chi connectivity index (χ4n) is 2.20. The van der Waals surface area contributed by atoms with E-state index in [1.165, 1.54) is 31.2 Å². The van der Waals surface area contributed by atoms with Crippen molar-refractivity contribution in [2.24, 2.45) is 0 Å². The van der Waals surface area contributed by atoms with Crippen molar-refractivity contribution in [3.63, 3.8) is 0 Å². The highest BCUT2D eigenvalue weighted by Gasteiger charge is 2.48. The van der Waals surface area contributed by atoms with Crippen molar-refractivity contribution in [2.45, 2.75) is 12.5 Å². The molecule has 1 saturated heterocycles. The average Bonchev–Trinajstić information content (AvgIpc) is 2.62. The molecule has 27 heavy (non-hydrogen) atoms. The van der Waals surface area contributed by atoms with Crippen molar-refractivity contribution in [1.82, 2.24) is 10.6 Å². The number of halogens is 3. The number of barbiturate groups is 1. The third-order valence-electron chi connectivity index (χ3n) is 3.69. The third kappa shape index (κ3) is 3.41. The summed E-state index contributed by atoms with van der Waals surface area (Å²) >= 11 is 0. The monoisotopic (exact) mass is 380 g/mol. The highest BCUT2D eigenvalue weighted by molar-refractivity contribution is 6.21. The normalized spacial score (nSPS) is 15.8. The summed E-state index contributed by atoms with van der Waals surface area (Å²) in [4.78, 5) is 34.9. The molecule has 1 fully saturated rings. The van der Waals surface area contributed by atoms with E-state index in [9.17, 15) is 27.6 Å². The van der Waals surface area contributed by atoms with Crippen LogP contribution in [0.2, 0.25) is 0 Å². The van der Waals surface area contributed by atoms with Crippen molar-refractivity contribution in [3.05, 3.63) is 53.8 Å². The Hall–Kier alpha value is -3.56. The number of rotatable bonds is 4. The minimum absolute atomic E-state index is 0.0603. The number of carbonyl (C=O) groups excluding carboxylic acids is 3. The summed E-state index contributed by atoms with van der Waals surface area (Å²) in [5.41, 5.74) is -1.98. The minimum Gasteiger partial charge on any atom is -0.468 e. The summed E-state index contributed by atoms with van der Waals surface area (Å²) < 4.78 is 50.3. The Balaban J connectivity index is 1.76. The molecule has 0 atom stereocenters. The van der Waals surface area contributed by atoms with Gasteiger partial charge in [-0.25, -0.2) is 13.6 Å². The maximum Gasteiger partial charge on any atom is 0.328 e. The number of benzene rings is 2. The Bertz CT molecular complexity index is 926. The number of hydrogen-bond donors (Lipinski definition) is 2. The zero-order valence-corrected chi connectivity index (χ0v) is 13.6. The van der Waals surface area contributed by atoms with Gasteiger partial charge in [0.05, 0.1) is 0 Å². The molecule has 7 nitrogen and oxygen atoms in total. The Kier molecular flexibility index (Phi) is 4.48. The highest BCUT2D eigenvalue weighted by atomic mass is 19.2. The van der Waals surface area contributed by atoms with Crippen molar-refractivity contribution in [2.75, 3.05) is 0 Å². The van der Waals surface area contributed by atoms with Crippen LogP contribution in [0, 0.1) is 17.5 Å². The summed E-state index contributed by atoms with van der Waals surface area (Å²) in [5, 5.41) is 3.83. The molecule has 2 aromatic rings. The van der Waals surface area contributed by atoms with Crippen LogP contribution in [0.25, 0.3) is 0 Å². The smallest absolute Gasteiger partial charge is 0.328 e. The summed E-state index contributed by atoms with van der Waals surface area (Å²) in [6.07, 6.45) is 0. The quantitative estimate of drug-likeness (QED) is 0.628. The van der Waals surface area contributed by atoms with Gasteiger partial charge in [-0.3, -0.25) is 20.2 Å². The SMILES string of the molecule is CC1(Oc2ccc(Oc3ccc(F)c(F)c3F)cc2)C(=O)NC(=O)NC1=O. The van der Waals surface area contributed by atoms with Crippen molar-refractivity contribution in [1.29, 1.82) is 0 Å². The molecule has 10 heteroatoms. The lowest BCUT2D eigenvalue weighted by Gasteiger charge is -2.30. The fourth-order valence-corrected chi connectivity index (χ4v) is 2.20. The second kappa shape index (κ2) is 6.63. The van der Waals surface area contributed by atoms with Gasteiger partial charge in [-0.05, 0) is 43.3 Å². The van der Waals surface area contributed by atoms with Gasteiger partial charge < -0.3 is 9.47 Å². The number of hydrogen-bond acceptors (Lipinski definition) is 5. The molecule has 0 radical (unpaired) electrons. The van der Waals surface area contributed by atoms with Gasteiger partial charge in [-0.15, -0.1) is 0 Å². The summed E-state index contributed by atoms with van der Waals surface area (Å²) in [7, 11) is 0. The molecule has 4 amide bonds. The summed E-state index contributed by atoms with van der Waals surface area (Å²) in [5.74, 6) is -6.79. The Morgan fingerprint density at radius 2 is 1.37 bits per heavy atom. The molecule has 140 valence electrons. The highest BCUT2D eigenvalue weighted by Crippen LogP contribution is 2.29. The minimum atomic E-state index is -1.98. The van der Waals surface area contributed by atoms with Crippen LogP contribution in [0.1, 0.15) is 6.92 Å². The predicted molar refractivity (Wildman–Crippen MR) is 83.5 cm³/mol. The van der Waals surface area contributed by atoms with Crippen LogP contribution >= 0.6 is 0 Å². The molecular weight excluding hydrogens is 369 g/mol. The van der Waals surface area contributed by atoms with Crippen molar-refractivity contribution >= 4 is 17.8 Å². The number of imide groups is 2. The van der Waals surface area contributed by atoms with Gasteiger partial charge in [0.2, 0.25) is 5.82 Å². The number of nitrogens with one attached hydrogen (secondary N) is 2. The molecule has 2 aromatic carbocycles. The fraction of sp³-hybridized carbons (Fsp3) is 0.118. The Morgan fingerprint density at radius 3 is 1.96 bits per heavy atom. The Labute approximate surface area is 150 Å². The van der Waals surface area contributed by atoms with E-state index in [1.807, 2.05) is 10.6 Å². The molecule has 0 unspecified atom stereocenters. The van der Waals surface area contributed by atoms with Crippen LogP contribution in [0.15, 0.2) is 36.4 Å². The lowest BCUT2D eigenvalue weighted by molar-refractivity contribution is -0.149. The van der Waals surface area contributed by atoms with E-state index in [-0.39, 0.29) is 11.5 Å². The molecule has 1 aliphatic rings. The summed E-state index contributed by atoms with van der Waals surface area (Å²) in [6, 6.07) is 5.88. The molecular formula is C17H11F3N2O5. The van der Waals surface area contributed by atoms with E-state index in [1.54, 1.807) is 0 Å². The standard InChI is InChI=1S/C17H11F3N2O5/c1-17(14(23)21-16(25)22-15(17)24)27-9-4-2-8(3-5-9)26-11-7-6-10(18)12(19)13(11)20/h2-7H,1H3,(H2,21,22,23,24,25). The first kappa shape index (κ1) is 18.2. The number of carbonyl (C=O) groups is 3. The Morgan fingerprint density at radius 1 is 0.815 bits per heavy atom. The molecule has 2 N–H and O–H groups in total. The van der Waals surface area contributed by atoms with Crippen LogP contribution in [-0.4, -0.2) is 23.4 Å². The van der Waals surface area contributed by atoms with E-state index in [2.05, 4.69) is 0 Å². The van der Waals surface area contributed by atoms with Gasteiger partial charge in [0, 0.05) is 0 Å². The predicted octanol–water partition coefficient (Wildman–Crippen LogP) is 2.40. The van der Waals surface area contributed by atoms with Crippen molar-refractivity contribution < 1.29 is 37.0 Å². The maximum absolute atomic E-state index is 13.6. The molecule has 0 aliphatic carbocycles. The van der Waals surface area contributed by atoms with Crippen LogP contribution < -0.4 is 20.1 Å². The van der Waals surface area contributed by atoms with E-state index < -0.39 is 46.6 Å². The van der Waals surface area contributed by atoms with Crippen LogP contribution in [0.5, 0.6) is 17.2 Å². The molecule has 0 saturated carbocycles. The lowest BCUT2D eigenvalue weighted by Crippen LogP contribution is -2.67. The van der Waals surface area contributed by atoms with E-state index in [0.29, 0.717) is 6.07 Å². The molecule has 0 aromatic heterocycles. The summed E-state index contributed by atoms with van der Waals surface area (Å²) in [6.45, 7) is 1.17. The van der Waals surface area contributed by atoms with E-state index in [4.69, 9.17) is 9.47 Å². The van der Waals surface area contributed by atoms with Crippen LogP contribution in [0.3, 0.4) is 0 Å². The number of amides is 4. The molecule has 3 rings (SSSR count). The average molecular weight is 380 g/mol. The van der Waals surface area contributed by atoms with Crippen LogP contribution in [-0.2, 0) is 9.59 Å². The first-order chi connectivity index (χ1) is 12.7. The molecule has 0 spiro atoms. The largest absolute Gasteiger partial charge is 0.468 e. The van der Waals surface area contributed by atoms with E-state index >= 15 is 0 Å². The van der Waals surface area contributed by atoms with Gasteiger partial charge in [0.25, 0.3) is 17.4 Å². The second-order valence-corrected chi connectivity index (χ2v) is 5.62. The van der Waals surface area contributed by atoms with Gasteiger partial charge in [-0.2, -0.15) is 4.39 Å². The number of urea groups is 1. The lowest BCUT2D eigenvalue weighted by atomic mass is 10.0. The van der Waals surface area contributed by atoms with Gasteiger partial charge >= 0.3 is 6.03 Å². The van der Waals surface area contributed by atoms with Gasteiger partial charge in [0.1, 0.15) is 11.5 Å². The molecule has 1 aliphatic heterocycles. The van der Waals surface area contributed by atoms with Crippen molar-refractivity contribution in [3.8, 4) is 17.2 Å². The van der Waals surface area contributed by atoms with Crippen LogP contribution in [0.4, 0.5) is 18.0 Å². The molecule has 0 bridgehead atoms. The number of ether oxygens (including phenoxy) is 2. The van der Waals surface area contributed by atoms with E-state index in [0.717, 1.165) is 6.07 Å². The van der Waals surface area contributed by atoms with Gasteiger partial charge in [0.15, 0.2) is 17.4 Å². The third-order valence-corrected chi connectivity index (χ3v) is 3.69. The zero-order chi connectivity index (χ0) is 19.8. The van der Waals surface area contributed by atoms with Gasteiger partial charge in [-0.1, -0.05) is 0 Å². The topological polar surface area (TPSA) is 93.7 Å². The maximum atomic E-state index is 13.6. The zero-order valence-electron chi connectivity index (χ0n) is 13.6. The first-order valence-electron chi connectivity index (χ1n) is 7.48.